The molecule has 0 unspecified atom stereocenters. The molecule has 1 N–H and O–H groups in total. The highest BCUT2D eigenvalue weighted by atomic mass is 16.5. The van der Waals surface area contributed by atoms with Crippen molar-refractivity contribution in [2.75, 3.05) is 40.5 Å². The Kier molecular flexibility index (Phi) is 7.20. The molecular weight excluding hydrogens is 308 g/mol. The second-order valence-corrected chi connectivity index (χ2v) is 6.65. The van der Waals surface area contributed by atoms with E-state index in [4.69, 9.17) is 9.47 Å². The number of nitrogens with zero attached hydrogens (tertiary/aromatic N) is 3. The summed E-state index contributed by atoms with van der Waals surface area (Å²) in [5, 5.41) is 7.49. The molecule has 1 amide bonds. The summed E-state index contributed by atoms with van der Waals surface area (Å²) in [5.41, 5.74) is 2.06. The summed E-state index contributed by atoms with van der Waals surface area (Å²) < 4.78 is 13.3. The highest BCUT2D eigenvalue weighted by molar-refractivity contribution is 5.76. The molecule has 24 heavy (non-hydrogen) atoms. The third-order valence-electron chi connectivity index (χ3n) is 4.17. The van der Waals surface area contributed by atoms with Gasteiger partial charge in [-0.1, -0.05) is 0 Å². The molecule has 2 atom stereocenters. The van der Waals surface area contributed by atoms with E-state index in [-0.39, 0.29) is 18.1 Å². The molecule has 1 saturated heterocycles. The molecule has 0 bridgehead atoms. The maximum atomic E-state index is 12.3. The van der Waals surface area contributed by atoms with Crippen LogP contribution in [0.25, 0.3) is 0 Å². The monoisotopic (exact) mass is 338 g/mol. The Hall–Kier alpha value is -1.44. The van der Waals surface area contributed by atoms with Gasteiger partial charge in [0, 0.05) is 31.8 Å². The van der Waals surface area contributed by atoms with Gasteiger partial charge in [0.2, 0.25) is 5.91 Å². The van der Waals surface area contributed by atoms with E-state index in [9.17, 15) is 4.79 Å². The van der Waals surface area contributed by atoms with Crippen LogP contribution >= 0.6 is 0 Å². The molecule has 0 aliphatic carbocycles. The van der Waals surface area contributed by atoms with Gasteiger partial charge in [0.25, 0.3) is 0 Å². The van der Waals surface area contributed by atoms with Gasteiger partial charge in [-0.25, -0.2) is 0 Å². The minimum absolute atomic E-state index is 0.0221. The molecule has 7 nitrogen and oxygen atoms in total. The van der Waals surface area contributed by atoms with Crippen molar-refractivity contribution in [1.29, 1.82) is 0 Å². The van der Waals surface area contributed by atoms with Gasteiger partial charge in [0.15, 0.2) is 0 Å². The standard InChI is InChI=1S/C17H30N4O3/c1-13-11-14(2)21(19-13)7-5-17(22)18-15-6-9-23-12-16(15)24-10-8-20(3)4/h11,15-16H,5-10,12H2,1-4H3,(H,18,22)/t15-,16-/m1/s1. The molecule has 2 rings (SSSR count). The largest absolute Gasteiger partial charge is 0.379 e. The smallest absolute Gasteiger partial charge is 0.222 e. The predicted molar refractivity (Wildman–Crippen MR) is 92.0 cm³/mol. The first-order valence-corrected chi connectivity index (χ1v) is 8.60. The van der Waals surface area contributed by atoms with Crippen molar-refractivity contribution >= 4 is 5.91 Å². The van der Waals surface area contributed by atoms with Crippen LogP contribution < -0.4 is 5.32 Å². The van der Waals surface area contributed by atoms with Gasteiger partial charge in [0.1, 0.15) is 6.10 Å². The van der Waals surface area contributed by atoms with E-state index in [0.29, 0.717) is 32.8 Å². The number of hydrogen-bond acceptors (Lipinski definition) is 5. The van der Waals surface area contributed by atoms with Gasteiger partial charge in [-0.05, 0) is 40.4 Å². The van der Waals surface area contributed by atoms with Crippen LogP contribution in [-0.2, 0) is 20.8 Å². The lowest BCUT2D eigenvalue weighted by atomic mass is 10.1. The molecule has 0 aromatic carbocycles. The Bertz CT molecular complexity index is 530. The summed E-state index contributed by atoms with van der Waals surface area (Å²) in [5.74, 6) is 0.0377. The zero-order chi connectivity index (χ0) is 17.5. The van der Waals surface area contributed by atoms with E-state index in [1.165, 1.54) is 0 Å². The molecule has 1 fully saturated rings. The molecule has 1 aliphatic rings. The lowest BCUT2D eigenvalue weighted by Gasteiger charge is -2.32. The van der Waals surface area contributed by atoms with Gasteiger partial charge >= 0.3 is 0 Å². The number of hydrogen-bond donors (Lipinski definition) is 1. The molecule has 1 aromatic heterocycles. The Morgan fingerprint density at radius 2 is 2.29 bits per heavy atom. The molecule has 7 heteroatoms. The number of aromatic nitrogens is 2. The van der Waals surface area contributed by atoms with E-state index in [1.54, 1.807) is 0 Å². The first-order valence-electron chi connectivity index (χ1n) is 8.60. The van der Waals surface area contributed by atoms with Crippen LogP contribution in [0.3, 0.4) is 0 Å². The first kappa shape index (κ1) is 18.9. The lowest BCUT2D eigenvalue weighted by Crippen LogP contribution is -2.50. The van der Waals surface area contributed by atoms with Gasteiger partial charge < -0.3 is 19.7 Å². The Labute approximate surface area is 144 Å². The maximum absolute atomic E-state index is 12.3. The summed E-state index contributed by atoms with van der Waals surface area (Å²) in [6.45, 7) is 7.26. The van der Waals surface area contributed by atoms with Crippen LogP contribution in [0.4, 0.5) is 0 Å². The van der Waals surface area contributed by atoms with Crippen LogP contribution in [-0.4, -0.2) is 73.2 Å². The van der Waals surface area contributed by atoms with Crippen LogP contribution in [0.1, 0.15) is 24.2 Å². The normalized spacial score (nSPS) is 21.2. The second kappa shape index (κ2) is 9.15. The number of aryl methyl sites for hydroxylation is 3. The van der Waals surface area contributed by atoms with Crippen molar-refractivity contribution in [2.24, 2.45) is 0 Å². The average Bonchev–Trinajstić information content (AvgIpc) is 2.84. The Balaban J connectivity index is 1.78. The van der Waals surface area contributed by atoms with E-state index in [1.807, 2.05) is 38.7 Å². The van der Waals surface area contributed by atoms with Crippen molar-refractivity contribution in [3.63, 3.8) is 0 Å². The third kappa shape index (κ3) is 5.89. The van der Waals surface area contributed by atoms with Crippen molar-refractivity contribution in [1.82, 2.24) is 20.0 Å². The SMILES string of the molecule is Cc1cc(C)n(CCC(=O)N[C@@H]2CCOC[C@H]2OCCN(C)C)n1. The van der Waals surface area contributed by atoms with E-state index < -0.39 is 0 Å². The van der Waals surface area contributed by atoms with Gasteiger partial charge in [-0.3, -0.25) is 9.48 Å². The summed E-state index contributed by atoms with van der Waals surface area (Å²) in [6, 6.07) is 2.04. The fourth-order valence-electron chi connectivity index (χ4n) is 2.82. The van der Waals surface area contributed by atoms with Crippen LogP contribution in [0.5, 0.6) is 0 Å². The number of likely N-dealkylation sites (N-methyl/N-ethyl adjacent to an activating group) is 1. The van der Waals surface area contributed by atoms with E-state index in [0.717, 1.165) is 24.4 Å². The summed E-state index contributed by atoms with van der Waals surface area (Å²) in [7, 11) is 4.03. The molecule has 0 radical (unpaired) electrons. The summed E-state index contributed by atoms with van der Waals surface area (Å²) >= 11 is 0. The van der Waals surface area contributed by atoms with Crippen molar-refractivity contribution in [3.05, 3.63) is 17.5 Å². The molecule has 2 heterocycles. The van der Waals surface area contributed by atoms with Gasteiger partial charge in [0.05, 0.1) is 24.9 Å². The average molecular weight is 338 g/mol. The van der Waals surface area contributed by atoms with E-state index in [2.05, 4.69) is 15.3 Å². The molecule has 0 spiro atoms. The third-order valence-corrected chi connectivity index (χ3v) is 4.17. The fourth-order valence-corrected chi connectivity index (χ4v) is 2.82. The molecule has 136 valence electrons. The predicted octanol–water partition coefficient (Wildman–Crippen LogP) is 0.742. The van der Waals surface area contributed by atoms with E-state index >= 15 is 0 Å². The van der Waals surface area contributed by atoms with Crippen molar-refractivity contribution in [2.45, 2.75) is 45.4 Å². The number of carbonyl (C=O) groups excluding carboxylic acids is 1. The van der Waals surface area contributed by atoms with Crippen molar-refractivity contribution < 1.29 is 14.3 Å². The number of rotatable bonds is 8. The zero-order valence-corrected chi connectivity index (χ0v) is 15.2. The minimum atomic E-state index is -0.0728. The fraction of sp³-hybridized carbons (Fsp3) is 0.765. The minimum Gasteiger partial charge on any atom is -0.379 e. The maximum Gasteiger partial charge on any atom is 0.222 e. The highest BCUT2D eigenvalue weighted by Gasteiger charge is 2.27. The first-order chi connectivity index (χ1) is 11.5. The summed E-state index contributed by atoms with van der Waals surface area (Å²) in [4.78, 5) is 14.3. The quantitative estimate of drug-likeness (QED) is 0.757. The molecular formula is C17H30N4O3. The number of nitrogens with one attached hydrogen (secondary N) is 1. The van der Waals surface area contributed by atoms with Crippen LogP contribution in [0.2, 0.25) is 0 Å². The number of carbonyl (C=O) groups is 1. The zero-order valence-electron chi connectivity index (χ0n) is 15.2. The van der Waals surface area contributed by atoms with Gasteiger partial charge in [-0.15, -0.1) is 0 Å². The molecule has 1 aliphatic heterocycles. The van der Waals surface area contributed by atoms with Crippen LogP contribution in [0, 0.1) is 13.8 Å². The van der Waals surface area contributed by atoms with Crippen molar-refractivity contribution in [3.8, 4) is 0 Å². The lowest BCUT2D eigenvalue weighted by molar-refractivity contribution is -0.126. The van der Waals surface area contributed by atoms with Crippen LogP contribution in [0.15, 0.2) is 6.07 Å². The highest BCUT2D eigenvalue weighted by Crippen LogP contribution is 2.12. The summed E-state index contributed by atoms with van der Waals surface area (Å²) in [6.07, 6.45) is 1.14. The van der Waals surface area contributed by atoms with Gasteiger partial charge in [-0.2, -0.15) is 5.10 Å². The Morgan fingerprint density at radius 3 is 2.96 bits per heavy atom. The second-order valence-electron chi connectivity index (χ2n) is 6.65. The molecule has 0 saturated carbocycles. The topological polar surface area (TPSA) is 68.6 Å². The number of amides is 1. The Morgan fingerprint density at radius 1 is 1.50 bits per heavy atom. The number of ether oxygens (including phenoxy) is 2. The molecule has 1 aromatic rings.